The summed E-state index contributed by atoms with van der Waals surface area (Å²) >= 11 is 0. The normalized spacial score (nSPS) is 24.0. The van der Waals surface area contributed by atoms with Gasteiger partial charge in [0.05, 0.1) is 6.04 Å². The Hall–Kier alpha value is -2.34. The second kappa shape index (κ2) is 5.38. The Morgan fingerprint density at radius 1 is 1.00 bits per heavy atom. The van der Waals surface area contributed by atoms with Crippen LogP contribution in [-0.4, -0.2) is 18.3 Å². The SMILES string of the molecule is CC1NC(=O)C1(OC(F)(F)F)c1ccc(-c2ccccc2)cc1. The molecule has 0 bridgehead atoms. The summed E-state index contributed by atoms with van der Waals surface area (Å²) in [5.74, 6) is -0.783. The summed E-state index contributed by atoms with van der Waals surface area (Å²) in [5.41, 5.74) is -0.0430. The molecule has 1 heterocycles. The fraction of sp³-hybridized carbons (Fsp3) is 0.235. The smallest absolute Gasteiger partial charge is 0.347 e. The molecule has 6 heteroatoms. The van der Waals surface area contributed by atoms with Crippen molar-refractivity contribution in [3.8, 4) is 11.1 Å². The summed E-state index contributed by atoms with van der Waals surface area (Å²) in [6.45, 7) is 1.48. The predicted octanol–water partition coefficient (Wildman–Crippen LogP) is 3.60. The van der Waals surface area contributed by atoms with Crippen molar-refractivity contribution in [2.75, 3.05) is 0 Å². The molecule has 1 saturated heterocycles. The zero-order chi connectivity index (χ0) is 16.7. The number of carbonyl (C=O) groups is 1. The number of ether oxygens (including phenoxy) is 1. The van der Waals surface area contributed by atoms with Gasteiger partial charge in [-0.2, -0.15) is 0 Å². The van der Waals surface area contributed by atoms with E-state index in [2.05, 4.69) is 10.1 Å². The first-order valence-corrected chi connectivity index (χ1v) is 7.07. The van der Waals surface area contributed by atoms with Gasteiger partial charge in [0, 0.05) is 0 Å². The molecule has 2 aromatic carbocycles. The molecule has 1 amide bonds. The second-order valence-electron chi connectivity index (χ2n) is 5.42. The molecule has 2 unspecified atom stereocenters. The monoisotopic (exact) mass is 321 g/mol. The Kier molecular flexibility index (Phi) is 3.64. The molecule has 2 atom stereocenters. The third-order valence-electron chi connectivity index (χ3n) is 3.99. The van der Waals surface area contributed by atoms with Crippen molar-refractivity contribution >= 4 is 5.91 Å². The van der Waals surface area contributed by atoms with Crippen molar-refractivity contribution in [3.63, 3.8) is 0 Å². The van der Waals surface area contributed by atoms with E-state index >= 15 is 0 Å². The number of hydrogen-bond donors (Lipinski definition) is 1. The molecule has 0 spiro atoms. The van der Waals surface area contributed by atoms with E-state index in [1.807, 2.05) is 30.3 Å². The highest BCUT2D eigenvalue weighted by atomic mass is 19.4. The summed E-state index contributed by atoms with van der Waals surface area (Å²) < 4.78 is 42.4. The lowest BCUT2D eigenvalue weighted by atomic mass is 9.79. The largest absolute Gasteiger partial charge is 0.523 e. The van der Waals surface area contributed by atoms with Gasteiger partial charge >= 0.3 is 6.36 Å². The molecule has 3 rings (SSSR count). The average Bonchev–Trinajstić information content (AvgIpc) is 2.53. The van der Waals surface area contributed by atoms with Gasteiger partial charge in [0.15, 0.2) is 5.60 Å². The third-order valence-corrected chi connectivity index (χ3v) is 3.99. The highest BCUT2D eigenvalue weighted by Gasteiger charge is 2.60. The van der Waals surface area contributed by atoms with Crippen LogP contribution in [0.3, 0.4) is 0 Å². The van der Waals surface area contributed by atoms with Crippen LogP contribution in [0.1, 0.15) is 12.5 Å². The van der Waals surface area contributed by atoms with E-state index in [-0.39, 0.29) is 5.56 Å². The van der Waals surface area contributed by atoms with E-state index in [1.165, 1.54) is 19.1 Å². The summed E-state index contributed by atoms with van der Waals surface area (Å²) in [6, 6.07) is 15.0. The van der Waals surface area contributed by atoms with E-state index in [4.69, 9.17) is 0 Å². The molecule has 3 nitrogen and oxygen atoms in total. The van der Waals surface area contributed by atoms with Gasteiger partial charge in [0.1, 0.15) is 0 Å². The van der Waals surface area contributed by atoms with Crippen molar-refractivity contribution in [2.24, 2.45) is 0 Å². The van der Waals surface area contributed by atoms with Crippen LogP contribution in [0.25, 0.3) is 11.1 Å². The lowest BCUT2D eigenvalue weighted by Crippen LogP contribution is -2.71. The van der Waals surface area contributed by atoms with Crippen LogP contribution in [0.4, 0.5) is 13.2 Å². The molecule has 0 aromatic heterocycles. The van der Waals surface area contributed by atoms with Gasteiger partial charge < -0.3 is 5.32 Å². The van der Waals surface area contributed by atoms with E-state index < -0.39 is 23.9 Å². The number of nitrogens with one attached hydrogen (secondary N) is 1. The Bertz CT molecular complexity index is 713. The number of rotatable bonds is 3. The molecule has 0 saturated carbocycles. The summed E-state index contributed by atoms with van der Waals surface area (Å²) in [4.78, 5) is 11.9. The first kappa shape index (κ1) is 15.6. The minimum absolute atomic E-state index is 0.186. The van der Waals surface area contributed by atoms with Gasteiger partial charge in [-0.05, 0) is 23.6 Å². The van der Waals surface area contributed by atoms with Crippen LogP contribution in [0.2, 0.25) is 0 Å². The maximum absolute atomic E-state index is 12.7. The number of carbonyl (C=O) groups excluding carboxylic acids is 1. The fourth-order valence-corrected chi connectivity index (χ4v) is 2.82. The van der Waals surface area contributed by atoms with Crippen molar-refractivity contribution in [2.45, 2.75) is 24.9 Å². The van der Waals surface area contributed by atoms with E-state index in [1.54, 1.807) is 12.1 Å². The van der Waals surface area contributed by atoms with Crippen molar-refractivity contribution in [3.05, 3.63) is 60.2 Å². The van der Waals surface area contributed by atoms with Crippen LogP contribution in [0, 0.1) is 0 Å². The standard InChI is InChI=1S/C17H14F3NO2/c1-11-16(15(22)21-11,23-17(18,19)20)14-9-7-13(8-10-14)12-5-3-2-4-6-12/h2-11H,1H3,(H,21,22). The van der Waals surface area contributed by atoms with E-state index in [0.717, 1.165) is 11.1 Å². The van der Waals surface area contributed by atoms with Gasteiger partial charge in [0.25, 0.3) is 5.91 Å². The second-order valence-corrected chi connectivity index (χ2v) is 5.42. The summed E-state index contributed by atoms with van der Waals surface area (Å²) in [5, 5.41) is 2.40. The maximum atomic E-state index is 12.7. The number of β-lactam (4-membered cyclic amide) rings is 1. The third kappa shape index (κ3) is 2.70. The van der Waals surface area contributed by atoms with Gasteiger partial charge in [-0.1, -0.05) is 54.6 Å². The molecule has 1 fully saturated rings. The van der Waals surface area contributed by atoms with Crippen LogP contribution < -0.4 is 5.32 Å². The van der Waals surface area contributed by atoms with Gasteiger partial charge in [0.2, 0.25) is 0 Å². The molecule has 1 N–H and O–H groups in total. The number of halogens is 3. The number of alkyl halides is 3. The zero-order valence-corrected chi connectivity index (χ0v) is 12.2. The van der Waals surface area contributed by atoms with E-state index in [9.17, 15) is 18.0 Å². The molecular formula is C17H14F3NO2. The number of hydrogen-bond acceptors (Lipinski definition) is 2. The van der Waals surface area contributed by atoms with E-state index in [0.29, 0.717) is 0 Å². The van der Waals surface area contributed by atoms with Gasteiger partial charge in [-0.25, -0.2) is 0 Å². The van der Waals surface area contributed by atoms with Crippen LogP contribution in [-0.2, 0) is 15.1 Å². The highest BCUT2D eigenvalue weighted by Crippen LogP contribution is 2.42. The number of benzene rings is 2. The molecule has 1 aliphatic heterocycles. The summed E-state index contributed by atoms with van der Waals surface area (Å²) in [6.07, 6.45) is -4.90. The lowest BCUT2D eigenvalue weighted by Gasteiger charge is -2.46. The van der Waals surface area contributed by atoms with Crippen molar-refractivity contribution in [1.29, 1.82) is 0 Å². The summed E-state index contributed by atoms with van der Waals surface area (Å²) in [7, 11) is 0. The molecule has 0 aliphatic carbocycles. The Morgan fingerprint density at radius 3 is 2.04 bits per heavy atom. The predicted molar refractivity (Wildman–Crippen MR) is 78.3 cm³/mol. The molecule has 23 heavy (non-hydrogen) atoms. The highest BCUT2D eigenvalue weighted by molar-refractivity contribution is 5.94. The Labute approximate surface area is 131 Å². The van der Waals surface area contributed by atoms with Gasteiger partial charge in [-0.3, -0.25) is 9.53 Å². The minimum Gasteiger partial charge on any atom is -0.347 e. The molecular weight excluding hydrogens is 307 g/mol. The molecule has 120 valence electrons. The molecule has 0 radical (unpaired) electrons. The quantitative estimate of drug-likeness (QED) is 0.877. The van der Waals surface area contributed by atoms with Gasteiger partial charge in [-0.15, -0.1) is 13.2 Å². The van der Waals surface area contributed by atoms with Crippen LogP contribution in [0.15, 0.2) is 54.6 Å². The molecule has 1 aliphatic rings. The van der Waals surface area contributed by atoms with Crippen LogP contribution in [0.5, 0.6) is 0 Å². The maximum Gasteiger partial charge on any atom is 0.523 e. The zero-order valence-electron chi connectivity index (χ0n) is 12.2. The molecule has 2 aromatic rings. The Morgan fingerprint density at radius 2 is 1.57 bits per heavy atom. The van der Waals surface area contributed by atoms with Crippen molar-refractivity contribution < 1.29 is 22.7 Å². The average molecular weight is 321 g/mol. The van der Waals surface area contributed by atoms with Crippen LogP contribution >= 0.6 is 0 Å². The number of amides is 1. The Balaban J connectivity index is 1.97. The topological polar surface area (TPSA) is 38.3 Å². The van der Waals surface area contributed by atoms with Crippen molar-refractivity contribution in [1.82, 2.24) is 5.32 Å². The lowest BCUT2D eigenvalue weighted by molar-refractivity contribution is -0.373. The first-order valence-electron chi connectivity index (χ1n) is 7.07. The minimum atomic E-state index is -4.90. The fourth-order valence-electron chi connectivity index (χ4n) is 2.82. The first-order chi connectivity index (χ1) is 10.8.